The fraction of sp³-hybridized carbons (Fsp3) is 0.625. The molecule has 1 saturated carbocycles. The van der Waals surface area contributed by atoms with Crippen LogP contribution in [0.15, 0.2) is 30.3 Å². The summed E-state index contributed by atoms with van der Waals surface area (Å²) in [5, 5.41) is 3.75. The molecule has 1 aliphatic carbocycles. The molecule has 1 aliphatic rings. The molecule has 0 radical (unpaired) electrons. The number of hydrogen-bond acceptors (Lipinski definition) is 2. The van der Waals surface area contributed by atoms with Crippen molar-refractivity contribution in [1.29, 1.82) is 0 Å². The van der Waals surface area contributed by atoms with E-state index < -0.39 is 0 Å². The Morgan fingerprint density at radius 2 is 2.06 bits per heavy atom. The molecule has 100 valence electrons. The lowest BCUT2D eigenvalue weighted by atomic mass is 10.1. The Balaban J connectivity index is 1.88. The highest BCUT2D eigenvalue weighted by atomic mass is 32.2. The van der Waals surface area contributed by atoms with Crippen molar-refractivity contribution < 1.29 is 0 Å². The molecule has 1 nitrogen and oxygen atoms in total. The van der Waals surface area contributed by atoms with Crippen LogP contribution in [0, 0.1) is 5.92 Å². The number of nitrogens with one attached hydrogen (secondary N) is 1. The van der Waals surface area contributed by atoms with Gasteiger partial charge in [-0.1, -0.05) is 44.2 Å². The first kappa shape index (κ1) is 14.0. The Morgan fingerprint density at radius 3 is 2.72 bits per heavy atom. The number of hydrogen-bond donors (Lipinski definition) is 1. The van der Waals surface area contributed by atoms with Crippen LogP contribution in [0.4, 0.5) is 0 Å². The summed E-state index contributed by atoms with van der Waals surface area (Å²) >= 11 is 2.07. The van der Waals surface area contributed by atoms with Gasteiger partial charge in [-0.25, -0.2) is 0 Å². The molecule has 0 saturated heterocycles. The predicted molar refractivity (Wildman–Crippen MR) is 82.4 cm³/mol. The molecule has 0 aromatic heterocycles. The smallest absolute Gasteiger partial charge is 0.0192 e. The summed E-state index contributed by atoms with van der Waals surface area (Å²) in [4.78, 5) is 0. The second-order valence-electron chi connectivity index (χ2n) is 5.14. The zero-order valence-electron chi connectivity index (χ0n) is 11.6. The average molecular weight is 263 g/mol. The van der Waals surface area contributed by atoms with Gasteiger partial charge in [0.1, 0.15) is 0 Å². The van der Waals surface area contributed by atoms with E-state index in [9.17, 15) is 0 Å². The van der Waals surface area contributed by atoms with Gasteiger partial charge in [-0.2, -0.15) is 11.8 Å². The second-order valence-corrected chi connectivity index (χ2v) is 6.46. The summed E-state index contributed by atoms with van der Waals surface area (Å²) in [6.45, 7) is 5.66. The number of thioether (sulfide) groups is 1. The summed E-state index contributed by atoms with van der Waals surface area (Å²) in [6, 6.07) is 11.7. The van der Waals surface area contributed by atoms with Crippen LogP contribution < -0.4 is 5.32 Å². The van der Waals surface area contributed by atoms with Crippen molar-refractivity contribution in [1.82, 2.24) is 5.32 Å². The molecule has 1 N–H and O–H groups in total. The molecule has 18 heavy (non-hydrogen) atoms. The van der Waals surface area contributed by atoms with Gasteiger partial charge in [0.2, 0.25) is 0 Å². The zero-order chi connectivity index (χ0) is 12.8. The van der Waals surface area contributed by atoms with Crippen LogP contribution in [0.2, 0.25) is 0 Å². The average Bonchev–Trinajstić information content (AvgIpc) is 3.20. The highest BCUT2D eigenvalue weighted by Gasteiger charge is 2.43. The lowest BCUT2D eigenvalue weighted by molar-refractivity contribution is 0.495. The van der Waals surface area contributed by atoms with Crippen molar-refractivity contribution in [3.05, 3.63) is 35.9 Å². The van der Waals surface area contributed by atoms with Gasteiger partial charge in [-0.05, 0) is 42.5 Å². The number of benzene rings is 1. The molecule has 3 unspecified atom stereocenters. The normalized spacial score (nSPS) is 23.9. The summed E-state index contributed by atoms with van der Waals surface area (Å²) < 4.78 is 0. The van der Waals surface area contributed by atoms with Crippen molar-refractivity contribution in [2.75, 3.05) is 18.1 Å². The molecule has 1 fully saturated rings. The van der Waals surface area contributed by atoms with Gasteiger partial charge >= 0.3 is 0 Å². The Bertz CT molecular complexity index is 330. The van der Waals surface area contributed by atoms with Crippen LogP contribution >= 0.6 is 11.8 Å². The van der Waals surface area contributed by atoms with Gasteiger partial charge < -0.3 is 5.32 Å². The van der Waals surface area contributed by atoms with Gasteiger partial charge in [0.25, 0.3) is 0 Å². The van der Waals surface area contributed by atoms with Crippen molar-refractivity contribution in [2.24, 2.45) is 5.92 Å². The fourth-order valence-electron chi connectivity index (χ4n) is 2.65. The van der Waals surface area contributed by atoms with Crippen molar-refractivity contribution in [2.45, 2.75) is 38.6 Å². The van der Waals surface area contributed by atoms with Crippen LogP contribution in [0.1, 0.15) is 38.2 Å². The minimum atomic E-state index is 0.708. The maximum atomic E-state index is 3.75. The van der Waals surface area contributed by atoms with E-state index in [2.05, 4.69) is 61.3 Å². The Hall–Kier alpha value is -0.470. The third-order valence-corrected chi connectivity index (χ3v) is 4.75. The van der Waals surface area contributed by atoms with Crippen molar-refractivity contribution in [3.63, 3.8) is 0 Å². The molecule has 1 aromatic carbocycles. The van der Waals surface area contributed by atoms with Gasteiger partial charge in [-0.3, -0.25) is 0 Å². The Morgan fingerprint density at radius 1 is 1.28 bits per heavy atom. The predicted octanol–water partition coefficient (Wildman–Crippen LogP) is 3.91. The van der Waals surface area contributed by atoms with Gasteiger partial charge in [0, 0.05) is 11.8 Å². The van der Waals surface area contributed by atoms with Gasteiger partial charge in [0.15, 0.2) is 0 Å². The van der Waals surface area contributed by atoms with E-state index in [-0.39, 0.29) is 0 Å². The quantitative estimate of drug-likeness (QED) is 0.763. The number of rotatable bonds is 8. The van der Waals surface area contributed by atoms with Crippen LogP contribution in [-0.2, 0) is 0 Å². The monoisotopic (exact) mass is 263 g/mol. The van der Waals surface area contributed by atoms with Crippen LogP contribution in [0.3, 0.4) is 0 Å². The first-order valence-corrected chi connectivity index (χ1v) is 8.38. The first-order chi connectivity index (χ1) is 8.86. The molecular weight excluding hydrogens is 238 g/mol. The van der Waals surface area contributed by atoms with Crippen LogP contribution in [-0.4, -0.2) is 24.1 Å². The Kier molecular flexibility index (Phi) is 5.58. The highest BCUT2D eigenvalue weighted by molar-refractivity contribution is 7.99. The topological polar surface area (TPSA) is 12.0 Å². The molecule has 0 spiro atoms. The molecule has 0 amide bonds. The lowest BCUT2D eigenvalue weighted by Crippen LogP contribution is -2.34. The van der Waals surface area contributed by atoms with E-state index in [0.717, 1.165) is 18.4 Å². The maximum Gasteiger partial charge on any atom is 0.0192 e. The highest BCUT2D eigenvalue weighted by Crippen LogP contribution is 2.49. The third-order valence-electron chi connectivity index (χ3n) is 3.74. The Labute approximate surface area is 116 Å². The summed E-state index contributed by atoms with van der Waals surface area (Å²) in [5.74, 6) is 4.16. The van der Waals surface area contributed by atoms with Gasteiger partial charge in [0.05, 0.1) is 0 Å². The largest absolute Gasteiger partial charge is 0.313 e. The summed E-state index contributed by atoms with van der Waals surface area (Å²) in [7, 11) is 0. The van der Waals surface area contributed by atoms with E-state index in [1.165, 1.54) is 29.9 Å². The molecule has 2 rings (SSSR count). The standard InChI is InChI=1S/C16H25NS/c1-3-10-17-16(12-18-4-2)15-11-14(15)13-8-6-5-7-9-13/h5-9,14-17H,3-4,10-12H2,1-2H3. The molecule has 3 atom stereocenters. The minimum Gasteiger partial charge on any atom is -0.313 e. The molecule has 0 aliphatic heterocycles. The minimum absolute atomic E-state index is 0.708. The van der Waals surface area contributed by atoms with E-state index in [0.29, 0.717) is 6.04 Å². The summed E-state index contributed by atoms with van der Waals surface area (Å²) in [6.07, 6.45) is 2.60. The van der Waals surface area contributed by atoms with E-state index in [1.54, 1.807) is 0 Å². The van der Waals surface area contributed by atoms with Crippen LogP contribution in [0.25, 0.3) is 0 Å². The molecule has 1 aromatic rings. The molecule has 0 bridgehead atoms. The molecule has 0 heterocycles. The van der Waals surface area contributed by atoms with E-state index >= 15 is 0 Å². The van der Waals surface area contributed by atoms with Crippen LogP contribution in [0.5, 0.6) is 0 Å². The van der Waals surface area contributed by atoms with Crippen molar-refractivity contribution in [3.8, 4) is 0 Å². The SMILES string of the molecule is CCCNC(CSCC)C1CC1c1ccccc1. The van der Waals surface area contributed by atoms with Crippen molar-refractivity contribution >= 4 is 11.8 Å². The third kappa shape index (κ3) is 3.76. The fourth-order valence-corrected chi connectivity index (χ4v) is 3.51. The zero-order valence-corrected chi connectivity index (χ0v) is 12.4. The van der Waals surface area contributed by atoms with E-state index in [1.807, 2.05) is 0 Å². The maximum absolute atomic E-state index is 3.75. The lowest BCUT2D eigenvalue weighted by Gasteiger charge is -2.18. The summed E-state index contributed by atoms with van der Waals surface area (Å²) in [5.41, 5.74) is 1.53. The molecule has 2 heteroatoms. The van der Waals surface area contributed by atoms with E-state index in [4.69, 9.17) is 0 Å². The molecular formula is C16H25NS. The second kappa shape index (κ2) is 7.20. The van der Waals surface area contributed by atoms with Gasteiger partial charge in [-0.15, -0.1) is 0 Å². The first-order valence-electron chi connectivity index (χ1n) is 7.22.